The number of aliphatic hydroxyl groups is 1. The summed E-state index contributed by atoms with van der Waals surface area (Å²) in [5.41, 5.74) is 0. The van der Waals surface area contributed by atoms with Gasteiger partial charge in [0.1, 0.15) is 19.3 Å². The van der Waals surface area contributed by atoms with Gasteiger partial charge >= 0.3 is 39.5 Å². The molecule has 8 atom stereocenters. The molecule has 17 nitrogen and oxygen atoms in total. The molecule has 0 aromatic heterocycles. The highest BCUT2D eigenvalue weighted by Gasteiger charge is 2.31. The maximum Gasteiger partial charge on any atom is 0.472 e. The number of ether oxygens (including phenoxy) is 4. The molecule has 0 aliphatic heterocycles. The number of carbonyl (C=O) groups is 4. The van der Waals surface area contributed by atoms with E-state index in [2.05, 4.69) is 48.5 Å². The lowest BCUT2D eigenvalue weighted by atomic mass is 9.99. The minimum absolute atomic E-state index is 0.108. The fourth-order valence-electron chi connectivity index (χ4n) is 13.3. The van der Waals surface area contributed by atoms with Gasteiger partial charge in [-0.3, -0.25) is 37.3 Å². The summed E-state index contributed by atoms with van der Waals surface area (Å²) in [6, 6.07) is 0. The quantitative estimate of drug-likeness (QED) is 0.0222. The Morgan fingerprint density at radius 3 is 0.676 bits per heavy atom. The Morgan fingerprint density at radius 2 is 0.457 bits per heavy atom. The van der Waals surface area contributed by atoms with Crippen molar-refractivity contribution in [3.8, 4) is 0 Å². The van der Waals surface area contributed by atoms with Crippen LogP contribution >= 0.6 is 15.6 Å². The highest BCUT2D eigenvalue weighted by molar-refractivity contribution is 7.47. The molecule has 0 heterocycles. The third kappa shape index (κ3) is 75.9. The summed E-state index contributed by atoms with van der Waals surface area (Å²) in [7, 11) is -9.93. The highest BCUT2D eigenvalue weighted by atomic mass is 31.2. The van der Waals surface area contributed by atoms with E-state index in [1.165, 1.54) is 263 Å². The number of phosphoric ester groups is 2. The topological polar surface area (TPSA) is 237 Å². The van der Waals surface area contributed by atoms with Crippen molar-refractivity contribution < 1.29 is 80.2 Å². The Hall–Kier alpha value is -1.94. The van der Waals surface area contributed by atoms with Gasteiger partial charge in [0.2, 0.25) is 0 Å². The molecule has 0 spiro atoms. The zero-order chi connectivity index (χ0) is 77.2. The maximum atomic E-state index is 13.1. The maximum absolute atomic E-state index is 13.1. The van der Waals surface area contributed by atoms with E-state index in [1.54, 1.807) is 0 Å². The van der Waals surface area contributed by atoms with E-state index in [9.17, 15) is 43.2 Å². The number of phosphoric acid groups is 2. The molecule has 105 heavy (non-hydrogen) atoms. The fraction of sp³-hybridized carbons (Fsp3) is 0.953. The van der Waals surface area contributed by atoms with Gasteiger partial charge in [0.15, 0.2) is 12.2 Å². The van der Waals surface area contributed by atoms with Crippen molar-refractivity contribution in [1.82, 2.24) is 0 Å². The Kier molecular flexibility index (Phi) is 74.7. The molecule has 0 aromatic rings. The average molecular weight is 1540 g/mol. The van der Waals surface area contributed by atoms with Crippen molar-refractivity contribution in [1.29, 1.82) is 0 Å². The van der Waals surface area contributed by atoms with Gasteiger partial charge in [0, 0.05) is 25.7 Å². The molecule has 0 saturated heterocycles. The van der Waals surface area contributed by atoms with Crippen LogP contribution in [0.25, 0.3) is 0 Å². The molecule has 0 bridgehead atoms. The third-order valence-electron chi connectivity index (χ3n) is 21.2. The average Bonchev–Trinajstić information content (AvgIpc) is 0.916. The normalized spacial score (nSPS) is 14.6. The molecule has 0 radical (unpaired) electrons. The summed E-state index contributed by atoms with van der Waals surface area (Å²) < 4.78 is 68.9. The van der Waals surface area contributed by atoms with Crippen molar-refractivity contribution in [2.75, 3.05) is 39.6 Å². The predicted octanol–water partition coefficient (Wildman–Crippen LogP) is 26.1. The van der Waals surface area contributed by atoms with Crippen molar-refractivity contribution >= 4 is 39.5 Å². The summed E-state index contributed by atoms with van der Waals surface area (Å²) in [5.74, 6) is 0.439. The standard InChI is InChI=1S/C86H168O17P2/c1-8-12-13-14-15-16-29-39-46-53-60-67-83(88)96-73-81(102-85(90)69-62-55-48-41-34-27-21-18-24-31-37-44-51-58-65-78(6)10-3)75-100-104(92,93)98-71-80(87)72-99-105(94,95)101-76-82(103-86(91)70-63-56-49-42-35-28-22-19-25-32-38-45-52-59-66-79(7)11-4)74-97-84(89)68-61-54-47-40-33-26-20-17-23-30-36-43-50-57-64-77(5)9-2/h77-82,87H,8-76H2,1-7H3,(H,92,93)(H,94,95)/t77?,78?,79?,80-,81+,82+/m0/s1. The Labute approximate surface area is 645 Å². The molecular formula is C86H168O17P2. The number of esters is 4. The monoisotopic (exact) mass is 1540 g/mol. The van der Waals surface area contributed by atoms with E-state index in [1.807, 2.05) is 0 Å². The van der Waals surface area contributed by atoms with Crippen molar-refractivity contribution in [2.45, 2.75) is 471 Å². The van der Waals surface area contributed by atoms with E-state index >= 15 is 0 Å². The second-order valence-electron chi connectivity index (χ2n) is 31.7. The molecule has 0 saturated carbocycles. The number of aliphatic hydroxyl groups excluding tert-OH is 1. The smallest absolute Gasteiger partial charge is 0.462 e. The Balaban J connectivity index is 5.26. The fourth-order valence-corrected chi connectivity index (χ4v) is 14.9. The van der Waals surface area contributed by atoms with Crippen LogP contribution in [0.5, 0.6) is 0 Å². The lowest BCUT2D eigenvalue weighted by Crippen LogP contribution is -2.30. The highest BCUT2D eigenvalue weighted by Crippen LogP contribution is 2.45. The largest absolute Gasteiger partial charge is 0.472 e. The number of hydrogen-bond donors (Lipinski definition) is 3. The molecule has 0 amide bonds. The van der Waals surface area contributed by atoms with Crippen LogP contribution in [0.3, 0.4) is 0 Å². The van der Waals surface area contributed by atoms with Gasteiger partial charge in [-0.1, -0.05) is 402 Å². The van der Waals surface area contributed by atoms with Gasteiger partial charge in [0.05, 0.1) is 26.4 Å². The van der Waals surface area contributed by atoms with Crippen molar-refractivity contribution in [3.05, 3.63) is 0 Å². The number of hydrogen-bond acceptors (Lipinski definition) is 15. The molecule has 19 heteroatoms. The van der Waals surface area contributed by atoms with E-state index < -0.39 is 97.5 Å². The first-order valence-corrected chi connectivity index (χ1v) is 47.5. The van der Waals surface area contributed by atoms with Gasteiger partial charge in [-0.05, 0) is 43.4 Å². The molecular weight excluding hydrogens is 1370 g/mol. The minimum Gasteiger partial charge on any atom is -0.462 e. The molecule has 624 valence electrons. The van der Waals surface area contributed by atoms with E-state index in [-0.39, 0.29) is 25.7 Å². The van der Waals surface area contributed by atoms with Gasteiger partial charge < -0.3 is 33.8 Å². The van der Waals surface area contributed by atoms with Gasteiger partial charge in [-0.2, -0.15) is 0 Å². The lowest BCUT2D eigenvalue weighted by Gasteiger charge is -2.21. The molecule has 5 unspecified atom stereocenters. The van der Waals surface area contributed by atoms with Crippen LogP contribution in [0.1, 0.15) is 453 Å². The summed E-state index contributed by atoms with van der Waals surface area (Å²) >= 11 is 0. The summed E-state index contributed by atoms with van der Waals surface area (Å²) in [6.07, 6.45) is 66.3. The first-order valence-electron chi connectivity index (χ1n) is 44.5. The Bertz CT molecular complexity index is 2030. The molecule has 0 rings (SSSR count). The summed E-state index contributed by atoms with van der Waals surface area (Å²) in [4.78, 5) is 73.3. The number of carbonyl (C=O) groups excluding carboxylic acids is 4. The van der Waals surface area contributed by atoms with Crippen LogP contribution in [0.2, 0.25) is 0 Å². The zero-order valence-electron chi connectivity index (χ0n) is 69.2. The molecule has 0 fully saturated rings. The second kappa shape index (κ2) is 76.1. The first-order chi connectivity index (χ1) is 50.8. The van der Waals surface area contributed by atoms with Crippen molar-refractivity contribution in [3.63, 3.8) is 0 Å². The number of unbranched alkanes of at least 4 members (excludes halogenated alkanes) is 49. The predicted molar refractivity (Wildman–Crippen MR) is 432 cm³/mol. The zero-order valence-corrected chi connectivity index (χ0v) is 71.0. The Morgan fingerprint density at radius 1 is 0.267 bits per heavy atom. The van der Waals surface area contributed by atoms with Crippen molar-refractivity contribution in [2.24, 2.45) is 17.8 Å². The van der Waals surface area contributed by atoms with Crippen LogP contribution in [-0.2, 0) is 65.4 Å². The van der Waals surface area contributed by atoms with Crippen LogP contribution in [0, 0.1) is 17.8 Å². The molecule has 0 aliphatic carbocycles. The second-order valence-corrected chi connectivity index (χ2v) is 34.6. The summed E-state index contributed by atoms with van der Waals surface area (Å²) in [6.45, 7) is 12.1. The van der Waals surface area contributed by atoms with Gasteiger partial charge in [-0.15, -0.1) is 0 Å². The minimum atomic E-state index is -4.97. The summed E-state index contributed by atoms with van der Waals surface area (Å²) in [5, 5.41) is 10.7. The lowest BCUT2D eigenvalue weighted by molar-refractivity contribution is -0.161. The van der Waals surface area contributed by atoms with Crippen LogP contribution < -0.4 is 0 Å². The van der Waals surface area contributed by atoms with E-state index in [0.29, 0.717) is 25.7 Å². The van der Waals surface area contributed by atoms with Crippen LogP contribution in [0.15, 0.2) is 0 Å². The van der Waals surface area contributed by atoms with Gasteiger partial charge in [-0.25, -0.2) is 9.13 Å². The SMILES string of the molecule is CCCCCCCCCCCCCC(=O)OC[C@H](COP(=O)(O)OC[C@H](O)COP(=O)(O)OC[C@@H](COC(=O)CCCCCCCCCCCCCCCCC(C)CC)OC(=O)CCCCCCCCCCCCCCCCC(C)CC)OC(=O)CCCCCCCCCCCCCCCCC(C)CC. The van der Waals surface area contributed by atoms with Gasteiger partial charge in [0.25, 0.3) is 0 Å². The van der Waals surface area contributed by atoms with Crippen LogP contribution in [-0.4, -0.2) is 96.7 Å². The third-order valence-corrected chi connectivity index (χ3v) is 23.1. The molecule has 0 aliphatic rings. The first kappa shape index (κ1) is 103. The van der Waals surface area contributed by atoms with Crippen LogP contribution in [0.4, 0.5) is 0 Å². The van der Waals surface area contributed by atoms with E-state index in [0.717, 1.165) is 108 Å². The molecule has 3 N–H and O–H groups in total. The van der Waals surface area contributed by atoms with E-state index in [4.69, 9.17) is 37.0 Å². The number of rotatable bonds is 84. The molecule has 0 aromatic carbocycles.